The van der Waals surface area contributed by atoms with E-state index < -0.39 is 9.84 Å². The average molecular weight is 284 g/mol. The summed E-state index contributed by atoms with van der Waals surface area (Å²) >= 11 is 0. The molecular formula is C13H20N2O3S. The molecule has 0 radical (unpaired) electrons. The minimum absolute atomic E-state index is 0.218. The van der Waals surface area contributed by atoms with Gasteiger partial charge in [-0.25, -0.2) is 13.4 Å². The van der Waals surface area contributed by atoms with Gasteiger partial charge in [0, 0.05) is 36.9 Å². The molecule has 1 atom stereocenters. The Morgan fingerprint density at radius 2 is 2.05 bits per heavy atom. The fraction of sp³-hybridized carbons (Fsp3) is 0.769. The number of aliphatic hydroxyl groups excluding tert-OH is 1. The molecule has 0 saturated carbocycles. The second kappa shape index (κ2) is 4.90. The van der Waals surface area contributed by atoms with Crippen LogP contribution in [0.2, 0.25) is 0 Å². The highest BCUT2D eigenvalue weighted by atomic mass is 32.2. The summed E-state index contributed by atoms with van der Waals surface area (Å²) in [7, 11) is -2.82. The Balaban J connectivity index is 1.81. The quantitative estimate of drug-likeness (QED) is 0.869. The van der Waals surface area contributed by atoms with Crippen LogP contribution in [0, 0.1) is 5.92 Å². The van der Waals surface area contributed by atoms with Crippen molar-refractivity contribution in [2.24, 2.45) is 5.92 Å². The number of rotatable bonds is 2. The number of imidazole rings is 1. The molecule has 106 valence electrons. The minimum Gasteiger partial charge on any atom is -0.396 e. The van der Waals surface area contributed by atoms with E-state index in [0.717, 1.165) is 25.2 Å². The summed E-state index contributed by atoms with van der Waals surface area (Å²) in [5.41, 5.74) is 1.23. The molecular weight excluding hydrogens is 264 g/mol. The van der Waals surface area contributed by atoms with E-state index >= 15 is 0 Å². The van der Waals surface area contributed by atoms with Crippen molar-refractivity contribution in [1.29, 1.82) is 0 Å². The third kappa shape index (κ3) is 2.56. The van der Waals surface area contributed by atoms with Crippen LogP contribution < -0.4 is 0 Å². The summed E-state index contributed by atoms with van der Waals surface area (Å²) in [5, 5.41) is 9.31. The smallest absolute Gasteiger partial charge is 0.150 e. The summed E-state index contributed by atoms with van der Waals surface area (Å²) in [4.78, 5) is 4.52. The molecule has 6 heteroatoms. The molecule has 3 heterocycles. The number of sulfone groups is 1. The molecule has 0 aliphatic carbocycles. The van der Waals surface area contributed by atoms with Gasteiger partial charge in [-0.2, -0.15) is 0 Å². The maximum Gasteiger partial charge on any atom is 0.150 e. The van der Waals surface area contributed by atoms with Gasteiger partial charge in [-0.15, -0.1) is 0 Å². The van der Waals surface area contributed by atoms with E-state index in [0.29, 0.717) is 18.8 Å². The summed E-state index contributed by atoms with van der Waals surface area (Å²) in [6, 6.07) is 0. The third-order valence-electron chi connectivity index (χ3n) is 4.40. The number of aliphatic hydroxyl groups is 1. The van der Waals surface area contributed by atoms with Gasteiger partial charge in [0.05, 0.1) is 11.5 Å². The molecule has 2 aliphatic heterocycles. The maximum atomic E-state index is 11.5. The molecule has 1 fully saturated rings. The van der Waals surface area contributed by atoms with Crippen molar-refractivity contribution < 1.29 is 13.5 Å². The molecule has 5 nitrogen and oxygen atoms in total. The lowest BCUT2D eigenvalue weighted by Crippen LogP contribution is -2.28. The molecule has 1 saturated heterocycles. The van der Waals surface area contributed by atoms with E-state index in [9.17, 15) is 13.5 Å². The number of aryl methyl sites for hydroxylation is 1. The van der Waals surface area contributed by atoms with Gasteiger partial charge in [0.15, 0.2) is 0 Å². The van der Waals surface area contributed by atoms with Crippen LogP contribution in [0.4, 0.5) is 0 Å². The van der Waals surface area contributed by atoms with E-state index in [-0.39, 0.29) is 24.0 Å². The van der Waals surface area contributed by atoms with Crippen LogP contribution in [0.25, 0.3) is 0 Å². The van der Waals surface area contributed by atoms with E-state index in [1.807, 2.05) is 6.20 Å². The van der Waals surface area contributed by atoms with Crippen molar-refractivity contribution in [3.63, 3.8) is 0 Å². The lowest BCUT2D eigenvalue weighted by Gasteiger charge is -2.27. The fourth-order valence-electron chi connectivity index (χ4n) is 3.16. The molecule has 0 bridgehead atoms. The molecule has 19 heavy (non-hydrogen) atoms. The van der Waals surface area contributed by atoms with Crippen molar-refractivity contribution in [2.75, 3.05) is 18.1 Å². The molecule has 0 amide bonds. The SMILES string of the molecule is O=S1(=O)CCC(c2ncc3n2CC(CO)CC3)CC1. The van der Waals surface area contributed by atoms with Gasteiger partial charge in [-0.3, -0.25) is 0 Å². The highest BCUT2D eigenvalue weighted by Crippen LogP contribution is 2.31. The Morgan fingerprint density at radius 3 is 2.74 bits per heavy atom. The molecule has 3 rings (SSSR count). The van der Waals surface area contributed by atoms with Crippen molar-refractivity contribution in [3.8, 4) is 0 Å². The summed E-state index contributed by atoms with van der Waals surface area (Å²) < 4.78 is 25.2. The largest absolute Gasteiger partial charge is 0.396 e. The summed E-state index contributed by atoms with van der Waals surface area (Å²) in [6.07, 6.45) is 5.26. The summed E-state index contributed by atoms with van der Waals surface area (Å²) in [6.45, 7) is 1.04. The van der Waals surface area contributed by atoms with Gasteiger partial charge in [-0.1, -0.05) is 0 Å². The Hall–Kier alpha value is -0.880. The van der Waals surface area contributed by atoms with Crippen LogP contribution in [-0.2, 0) is 22.8 Å². The van der Waals surface area contributed by atoms with E-state index in [1.165, 1.54) is 5.69 Å². The van der Waals surface area contributed by atoms with Crippen molar-refractivity contribution >= 4 is 9.84 Å². The van der Waals surface area contributed by atoms with E-state index in [2.05, 4.69) is 9.55 Å². The lowest BCUT2D eigenvalue weighted by atomic mass is 9.97. The number of aromatic nitrogens is 2. The first-order valence-electron chi connectivity index (χ1n) is 6.94. The minimum atomic E-state index is -2.82. The molecule has 2 aliphatic rings. The van der Waals surface area contributed by atoms with Crippen LogP contribution in [-0.4, -0.2) is 41.2 Å². The van der Waals surface area contributed by atoms with Gasteiger partial charge >= 0.3 is 0 Å². The predicted octanol–water partition coefficient (Wildman–Crippen LogP) is 0.730. The highest BCUT2D eigenvalue weighted by molar-refractivity contribution is 7.91. The second-order valence-corrected chi connectivity index (χ2v) is 8.04. The third-order valence-corrected chi connectivity index (χ3v) is 6.11. The van der Waals surface area contributed by atoms with Crippen LogP contribution in [0.1, 0.15) is 36.7 Å². The Morgan fingerprint density at radius 1 is 1.32 bits per heavy atom. The second-order valence-electron chi connectivity index (χ2n) is 5.73. The van der Waals surface area contributed by atoms with Crippen LogP contribution >= 0.6 is 0 Å². The highest BCUT2D eigenvalue weighted by Gasteiger charge is 2.30. The molecule has 1 aromatic heterocycles. The topological polar surface area (TPSA) is 72.2 Å². The standard InChI is InChI=1S/C13H20N2O3S/c16-9-10-1-2-12-7-14-13(15(12)8-10)11-3-5-19(17,18)6-4-11/h7,10-11,16H,1-6,8-9H2. The van der Waals surface area contributed by atoms with Crippen molar-refractivity contribution in [3.05, 3.63) is 17.7 Å². The summed E-state index contributed by atoms with van der Waals surface area (Å²) in [5.74, 6) is 2.16. The lowest BCUT2D eigenvalue weighted by molar-refractivity contribution is 0.189. The zero-order valence-corrected chi connectivity index (χ0v) is 11.8. The molecule has 1 N–H and O–H groups in total. The molecule has 0 aromatic carbocycles. The van der Waals surface area contributed by atoms with E-state index in [4.69, 9.17) is 0 Å². The number of nitrogens with zero attached hydrogens (tertiary/aromatic N) is 2. The van der Waals surface area contributed by atoms with E-state index in [1.54, 1.807) is 0 Å². The van der Waals surface area contributed by atoms with Gasteiger partial charge < -0.3 is 9.67 Å². The zero-order chi connectivity index (χ0) is 13.5. The van der Waals surface area contributed by atoms with Gasteiger partial charge in [-0.05, 0) is 25.7 Å². The Labute approximate surface area is 113 Å². The first-order valence-corrected chi connectivity index (χ1v) is 8.77. The Kier molecular flexibility index (Phi) is 3.39. The monoisotopic (exact) mass is 284 g/mol. The molecule has 1 unspecified atom stereocenters. The van der Waals surface area contributed by atoms with Gasteiger partial charge in [0.1, 0.15) is 15.7 Å². The van der Waals surface area contributed by atoms with Gasteiger partial charge in [0.2, 0.25) is 0 Å². The fourth-order valence-corrected chi connectivity index (χ4v) is 4.65. The number of fused-ring (bicyclic) bond motifs is 1. The van der Waals surface area contributed by atoms with Crippen molar-refractivity contribution in [2.45, 2.75) is 38.1 Å². The van der Waals surface area contributed by atoms with Gasteiger partial charge in [0.25, 0.3) is 0 Å². The molecule has 0 spiro atoms. The van der Waals surface area contributed by atoms with Crippen molar-refractivity contribution in [1.82, 2.24) is 9.55 Å². The van der Waals surface area contributed by atoms with Crippen LogP contribution in [0.5, 0.6) is 0 Å². The number of hydrogen-bond donors (Lipinski definition) is 1. The average Bonchev–Trinajstić information content (AvgIpc) is 2.81. The Bertz CT molecular complexity index is 550. The predicted molar refractivity (Wildman–Crippen MR) is 71.8 cm³/mol. The maximum absolute atomic E-state index is 11.5. The van der Waals surface area contributed by atoms with Crippen LogP contribution in [0.15, 0.2) is 6.20 Å². The zero-order valence-electron chi connectivity index (χ0n) is 11.0. The first-order chi connectivity index (χ1) is 9.09. The number of hydrogen-bond acceptors (Lipinski definition) is 4. The normalized spacial score (nSPS) is 27.1. The first kappa shape index (κ1) is 13.1. The molecule has 1 aromatic rings. The van der Waals surface area contributed by atoms with Crippen LogP contribution in [0.3, 0.4) is 0 Å².